The summed E-state index contributed by atoms with van der Waals surface area (Å²) in [7, 11) is -2.99. The molecular weight excluding hydrogens is 283 g/mol. The summed E-state index contributed by atoms with van der Waals surface area (Å²) in [4.78, 5) is 11.6. The second-order valence-corrected chi connectivity index (χ2v) is 7.11. The fourth-order valence-corrected chi connectivity index (χ4v) is 3.83. The Bertz CT molecular complexity index is 589. The van der Waals surface area contributed by atoms with Crippen molar-refractivity contribution in [1.82, 2.24) is 10.6 Å². The molecule has 1 aromatic rings. The molecule has 1 fully saturated rings. The van der Waals surface area contributed by atoms with Gasteiger partial charge < -0.3 is 10.6 Å². The molecule has 2 rings (SSSR count). The van der Waals surface area contributed by atoms with E-state index in [1.165, 1.54) is 12.1 Å². The fourth-order valence-electron chi connectivity index (χ4n) is 2.16. The number of benzene rings is 1. The second-order valence-electron chi connectivity index (χ2n) is 4.88. The SMILES string of the molecule is O=C(NCCc1cccc(F)c1)N[C@@H]1CCS(=O)(=O)C1. The lowest BCUT2D eigenvalue weighted by Crippen LogP contribution is -2.43. The van der Waals surface area contributed by atoms with Gasteiger partial charge in [-0.15, -0.1) is 0 Å². The van der Waals surface area contributed by atoms with Crippen LogP contribution in [0.25, 0.3) is 0 Å². The van der Waals surface area contributed by atoms with Gasteiger partial charge >= 0.3 is 6.03 Å². The molecule has 20 heavy (non-hydrogen) atoms. The summed E-state index contributed by atoms with van der Waals surface area (Å²) in [5.41, 5.74) is 0.800. The molecule has 2 amide bonds. The van der Waals surface area contributed by atoms with E-state index < -0.39 is 9.84 Å². The van der Waals surface area contributed by atoms with Crippen LogP contribution in [-0.4, -0.2) is 38.5 Å². The molecule has 0 bridgehead atoms. The maximum Gasteiger partial charge on any atom is 0.315 e. The van der Waals surface area contributed by atoms with E-state index in [1.54, 1.807) is 12.1 Å². The summed E-state index contributed by atoms with van der Waals surface area (Å²) < 4.78 is 35.4. The monoisotopic (exact) mass is 300 g/mol. The van der Waals surface area contributed by atoms with Gasteiger partial charge in [-0.05, 0) is 30.5 Å². The van der Waals surface area contributed by atoms with Gasteiger partial charge in [0.2, 0.25) is 0 Å². The Morgan fingerprint density at radius 1 is 1.40 bits per heavy atom. The molecule has 0 radical (unpaired) electrons. The first-order valence-electron chi connectivity index (χ1n) is 6.44. The van der Waals surface area contributed by atoms with E-state index in [4.69, 9.17) is 0 Å². The fraction of sp³-hybridized carbons (Fsp3) is 0.462. The van der Waals surface area contributed by atoms with E-state index in [0.29, 0.717) is 19.4 Å². The van der Waals surface area contributed by atoms with Crippen LogP contribution >= 0.6 is 0 Å². The van der Waals surface area contributed by atoms with E-state index >= 15 is 0 Å². The van der Waals surface area contributed by atoms with Gasteiger partial charge in [-0.1, -0.05) is 12.1 Å². The van der Waals surface area contributed by atoms with Crippen LogP contribution in [0.4, 0.5) is 9.18 Å². The van der Waals surface area contributed by atoms with Gasteiger partial charge in [0.05, 0.1) is 11.5 Å². The topological polar surface area (TPSA) is 75.3 Å². The number of hydrogen-bond donors (Lipinski definition) is 2. The second kappa shape index (κ2) is 6.21. The molecule has 0 unspecified atom stereocenters. The van der Waals surface area contributed by atoms with Crippen LogP contribution in [0.3, 0.4) is 0 Å². The Balaban J connectivity index is 1.71. The zero-order valence-corrected chi connectivity index (χ0v) is 11.7. The first-order valence-corrected chi connectivity index (χ1v) is 8.26. The minimum atomic E-state index is -2.99. The zero-order chi connectivity index (χ0) is 14.6. The first-order chi connectivity index (χ1) is 9.44. The summed E-state index contributed by atoms with van der Waals surface area (Å²) in [6, 6.07) is 5.49. The van der Waals surface area contributed by atoms with E-state index in [-0.39, 0.29) is 29.4 Å². The standard InChI is InChI=1S/C13H17FN2O3S/c14-11-3-1-2-10(8-11)4-6-15-13(17)16-12-5-7-20(18,19)9-12/h1-3,8,12H,4-7,9H2,(H2,15,16,17)/t12-/m1/s1. The summed E-state index contributed by atoms with van der Waals surface area (Å²) in [5.74, 6) is -0.172. The molecule has 1 aliphatic rings. The number of sulfone groups is 1. The highest BCUT2D eigenvalue weighted by molar-refractivity contribution is 7.91. The summed E-state index contributed by atoms with van der Waals surface area (Å²) in [6.07, 6.45) is 0.980. The van der Waals surface area contributed by atoms with E-state index in [9.17, 15) is 17.6 Å². The first kappa shape index (κ1) is 14.8. The van der Waals surface area contributed by atoms with Crippen LogP contribution in [0.15, 0.2) is 24.3 Å². The minimum Gasteiger partial charge on any atom is -0.338 e. The van der Waals surface area contributed by atoms with Gasteiger partial charge in [0.25, 0.3) is 0 Å². The molecule has 7 heteroatoms. The minimum absolute atomic E-state index is 0.00428. The van der Waals surface area contributed by atoms with Crippen molar-refractivity contribution in [3.05, 3.63) is 35.6 Å². The maximum atomic E-state index is 12.9. The molecule has 1 heterocycles. The summed E-state index contributed by atoms with van der Waals surface area (Å²) in [5, 5.41) is 5.27. The van der Waals surface area contributed by atoms with Crippen molar-refractivity contribution in [3.8, 4) is 0 Å². The van der Waals surface area contributed by atoms with Crippen molar-refractivity contribution < 1.29 is 17.6 Å². The number of carbonyl (C=O) groups excluding carboxylic acids is 1. The van der Waals surface area contributed by atoms with E-state index in [2.05, 4.69) is 10.6 Å². The largest absolute Gasteiger partial charge is 0.338 e. The maximum absolute atomic E-state index is 12.9. The number of carbonyl (C=O) groups is 1. The molecule has 0 spiro atoms. The molecule has 1 aromatic carbocycles. The molecule has 0 aromatic heterocycles. The molecule has 0 aliphatic carbocycles. The summed E-state index contributed by atoms with van der Waals surface area (Å²) in [6.45, 7) is 0.370. The Morgan fingerprint density at radius 3 is 2.85 bits per heavy atom. The van der Waals surface area contributed by atoms with Gasteiger partial charge in [0.1, 0.15) is 5.82 Å². The number of halogens is 1. The lowest BCUT2D eigenvalue weighted by Gasteiger charge is -2.12. The van der Waals surface area contributed by atoms with Crippen molar-refractivity contribution in [3.63, 3.8) is 0 Å². The third kappa shape index (κ3) is 4.48. The predicted octanol–water partition coefficient (Wildman–Crippen LogP) is 0.855. The van der Waals surface area contributed by atoms with Gasteiger partial charge in [-0.2, -0.15) is 0 Å². The van der Waals surface area contributed by atoms with Crippen molar-refractivity contribution in [1.29, 1.82) is 0 Å². The predicted molar refractivity (Wildman–Crippen MR) is 73.7 cm³/mol. The molecule has 0 saturated carbocycles. The van der Waals surface area contributed by atoms with Crippen molar-refractivity contribution >= 4 is 15.9 Å². The normalized spacial score (nSPS) is 20.6. The third-order valence-corrected chi connectivity index (χ3v) is 4.92. The van der Waals surface area contributed by atoms with Crippen LogP contribution in [0, 0.1) is 5.82 Å². The number of hydrogen-bond acceptors (Lipinski definition) is 3. The van der Waals surface area contributed by atoms with Gasteiger partial charge in [0.15, 0.2) is 9.84 Å². The Morgan fingerprint density at radius 2 is 2.20 bits per heavy atom. The van der Waals surface area contributed by atoms with Gasteiger partial charge in [-0.3, -0.25) is 0 Å². The van der Waals surface area contributed by atoms with E-state index in [1.807, 2.05) is 0 Å². The van der Waals surface area contributed by atoms with Crippen LogP contribution in [0.5, 0.6) is 0 Å². The molecule has 5 nitrogen and oxygen atoms in total. The third-order valence-electron chi connectivity index (χ3n) is 3.16. The zero-order valence-electron chi connectivity index (χ0n) is 10.9. The van der Waals surface area contributed by atoms with Crippen molar-refractivity contribution in [2.24, 2.45) is 0 Å². The lowest BCUT2D eigenvalue weighted by atomic mass is 10.1. The van der Waals surface area contributed by atoms with Crippen molar-refractivity contribution in [2.45, 2.75) is 18.9 Å². The quantitative estimate of drug-likeness (QED) is 0.866. The van der Waals surface area contributed by atoms with Crippen LogP contribution < -0.4 is 10.6 Å². The Labute approximate surface area is 117 Å². The van der Waals surface area contributed by atoms with Gasteiger partial charge in [0, 0.05) is 12.6 Å². The van der Waals surface area contributed by atoms with Gasteiger partial charge in [-0.25, -0.2) is 17.6 Å². The highest BCUT2D eigenvalue weighted by atomic mass is 32.2. The molecular formula is C13H17FN2O3S. The number of urea groups is 1. The average Bonchev–Trinajstić information content (AvgIpc) is 2.68. The Hall–Kier alpha value is -1.63. The smallest absolute Gasteiger partial charge is 0.315 e. The lowest BCUT2D eigenvalue weighted by molar-refractivity contribution is 0.238. The molecule has 2 N–H and O–H groups in total. The highest BCUT2D eigenvalue weighted by Crippen LogP contribution is 2.10. The molecule has 110 valence electrons. The Kier molecular flexibility index (Phi) is 4.59. The highest BCUT2D eigenvalue weighted by Gasteiger charge is 2.28. The number of rotatable bonds is 4. The molecule has 1 atom stereocenters. The molecule has 1 aliphatic heterocycles. The van der Waals surface area contributed by atoms with E-state index in [0.717, 1.165) is 5.56 Å². The number of amides is 2. The van der Waals surface area contributed by atoms with Crippen molar-refractivity contribution in [2.75, 3.05) is 18.1 Å². The average molecular weight is 300 g/mol. The molecule has 1 saturated heterocycles. The number of nitrogens with one attached hydrogen (secondary N) is 2. The summed E-state index contributed by atoms with van der Waals surface area (Å²) >= 11 is 0. The van der Waals surface area contributed by atoms with Crippen LogP contribution in [0.1, 0.15) is 12.0 Å². The van der Waals surface area contributed by atoms with Crippen LogP contribution in [0.2, 0.25) is 0 Å². The van der Waals surface area contributed by atoms with Crippen LogP contribution in [-0.2, 0) is 16.3 Å².